The highest BCUT2D eigenvalue weighted by Gasteiger charge is 2.27. The Hall–Kier alpha value is -8.33. The number of carboxylic acids is 4. The van der Waals surface area contributed by atoms with Crippen LogP contribution in [0.2, 0.25) is 0 Å². The molecule has 8 N–H and O–H groups in total. The van der Waals surface area contributed by atoms with Gasteiger partial charge in [-0.3, -0.25) is 4.79 Å². The summed E-state index contributed by atoms with van der Waals surface area (Å²) in [5, 5.41) is 47.6. The number of nitrogens with one attached hydrogen (secondary N) is 2. The highest BCUT2D eigenvalue weighted by atomic mass is 16.4. The molecule has 0 atom stereocenters. The van der Waals surface area contributed by atoms with Gasteiger partial charge in [0.05, 0.1) is 39.1 Å². The van der Waals surface area contributed by atoms with Crippen molar-refractivity contribution in [2.24, 2.45) is 0 Å². The maximum atomic E-state index is 13.8. The van der Waals surface area contributed by atoms with Crippen LogP contribution in [0.5, 0.6) is 0 Å². The lowest BCUT2D eigenvalue weighted by Crippen LogP contribution is -2.16. The molecule has 15 heteroatoms. The Kier molecular flexibility index (Phi) is 10.8. The SMILES string of the molecule is CC.Nc1ccc2c(-c3cc(C(=O)O)ccc3C(=O)O)c3ccc(=O)c(CNc4cccc5ccc(C(=O)O)nc45)c-3oc2c1CNc1cccc2ccc(C(=O)O)nc12. The van der Waals surface area contributed by atoms with E-state index in [2.05, 4.69) is 20.6 Å². The van der Waals surface area contributed by atoms with Gasteiger partial charge in [0.2, 0.25) is 0 Å². The van der Waals surface area contributed by atoms with E-state index in [9.17, 15) is 44.4 Å². The number of aromatic carboxylic acids is 4. The van der Waals surface area contributed by atoms with Crippen LogP contribution in [-0.4, -0.2) is 54.3 Å². The molecule has 1 aliphatic heterocycles. The Morgan fingerprint density at radius 2 is 1.22 bits per heavy atom. The van der Waals surface area contributed by atoms with Crippen molar-refractivity contribution < 1.29 is 44.0 Å². The van der Waals surface area contributed by atoms with Crippen molar-refractivity contribution >= 4 is 73.7 Å². The van der Waals surface area contributed by atoms with Crippen molar-refractivity contribution in [1.29, 1.82) is 0 Å². The number of para-hydroxylation sites is 2. The van der Waals surface area contributed by atoms with E-state index in [1.165, 1.54) is 42.5 Å². The summed E-state index contributed by atoms with van der Waals surface area (Å²) in [6.45, 7) is 3.82. The summed E-state index contributed by atoms with van der Waals surface area (Å²) in [6.07, 6.45) is 0. The van der Waals surface area contributed by atoms with Gasteiger partial charge < -0.3 is 41.2 Å². The zero-order valence-electron chi connectivity index (χ0n) is 31.9. The molecule has 8 rings (SSSR count). The van der Waals surface area contributed by atoms with Crippen molar-refractivity contribution in [2.45, 2.75) is 26.9 Å². The minimum atomic E-state index is -1.33. The summed E-state index contributed by atoms with van der Waals surface area (Å²) in [5.41, 5.74) is 8.51. The molecule has 0 fully saturated rings. The average Bonchev–Trinajstić information content (AvgIpc) is 3.25. The van der Waals surface area contributed by atoms with E-state index >= 15 is 0 Å². The van der Waals surface area contributed by atoms with Crippen LogP contribution in [-0.2, 0) is 13.1 Å². The van der Waals surface area contributed by atoms with Crippen molar-refractivity contribution in [3.8, 4) is 22.5 Å². The van der Waals surface area contributed by atoms with Crippen molar-refractivity contribution in [3.63, 3.8) is 0 Å². The number of nitrogens with zero attached hydrogens (tertiary/aromatic N) is 2. The van der Waals surface area contributed by atoms with Gasteiger partial charge in [-0.15, -0.1) is 0 Å². The zero-order chi connectivity index (χ0) is 42.8. The third-order valence-electron chi connectivity index (χ3n) is 9.81. The van der Waals surface area contributed by atoms with Gasteiger partial charge in [0.25, 0.3) is 0 Å². The van der Waals surface area contributed by atoms with E-state index < -0.39 is 29.3 Å². The number of carbonyl (C=O) groups is 4. The van der Waals surface area contributed by atoms with Crippen molar-refractivity contribution in [1.82, 2.24) is 9.97 Å². The van der Waals surface area contributed by atoms with Gasteiger partial charge >= 0.3 is 23.9 Å². The molecule has 0 spiro atoms. The first-order valence-electron chi connectivity index (χ1n) is 18.5. The molecule has 0 radical (unpaired) electrons. The summed E-state index contributed by atoms with van der Waals surface area (Å²) in [6, 6.07) is 26.1. The lowest BCUT2D eigenvalue weighted by molar-refractivity contribution is 0.0680. The predicted octanol–water partition coefficient (Wildman–Crippen LogP) is 8.29. The van der Waals surface area contributed by atoms with Crippen LogP contribution >= 0.6 is 0 Å². The number of aromatic nitrogens is 2. The quantitative estimate of drug-likeness (QED) is 0.0479. The molecule has 6 aromatic rings. The third-order valence-corrected chi connectivity index (χ3v) is 9.81. The van der Waals surface area contributed by atoms with Crippen LogP contribution in [0.25, 0.3) is 55.2 Å². The monoisotopic (exact) mass is 805 g/mol. The minimum Gasteiger partial charge on any atom is -0.478 e. The second-order valence-electron chi connectivity index (χ2n) is 13.2. The van der Waals surface area contributed by atoms with Gasteiger partial charge in [-0.2, -0.15) is 0 Å². The number of carboxylic acid groups (broad SMARTS) is 4. The van der Waals surface area contributed by atoms with E-state index in [1.54, 1.807) is 60.7 Å². The van der Waals surface area contributed by atoms with E-state index in [-0.39, 0.29) is 69.3 Å². The molecule has 0 unspecified atom stereocenters. The van der Waals surface area contributed by atoms with E-state index in [0.29, 0.717) is 49.7 Å². The van der Waals surface area contributed by atoms with Crippen LogP contribution in [0.4, 0.5) is 17.1 Å². The molecule has 3 heterocycles. The average molecular weight is 806 g/mol. The smallest absolute Gasteiger partial charge is 0.354 e. The Morgan fingerprint density at radius 3 is 1.77 bits per heavy atom. The molecule has 1 aliphatic carbocycles. The maximum absolute atomic E-state index is 13.8. The van der Waals surface area contributed by atoms with Crippen molar-refractivity contribution in [2.75, 3.05) is 16.4 Å². The fourth-order valence-corrected chi connectivity index (χ4v) is 7.02. The van der Waals surface area contributed by atoms with E-state index in [1.807, 2.05) is 13.8 Å². The number of nitrogen functional groups attached to an aromatic ring is 1. The molecule has 15 nitrogen and oxygen atoms in total. The number of rotatable bonds is 11. The number of pyridine rings is 2. The first-order chi connectivity index (χ1) is 28.9. The molecule has 2 aromatic heterocycles. The number of anilines is 3. The third kappa shape index (κ3) is 7.33. The van der Waals surface area contributed by atoms with Gasteiger partial charge in [0, 0.05) is 51.6 Å². The first-order valence-corrected chi connectivity index (χ1v) is 18.5. The summed E-state index contributed by atoms with van der Waals surface area (Å²) in [5.74, 6) is -5.00. The van der Waals surface area contributed by atoms with Crippen LogP contribution in [0, 0.1) is 0 Å². The topological polar surface area (TPSA) is 255 Å². The van der Waals surface area contributed by atoms with E-state index in [0.717, 1.165) is 0 Å². The molecular formula is C45H35N5O10. The highest BCUT2D eigenvalue weighted by Crippen LogP contribution is 2.45. The predicted molar refractivity (Wildman–Crippen MR) is 226 cm³/mol. The molecule has 0 bridgehead atoms. The van der Waals surface area contributed by atoms with Crippen LogP contribution in [0.1, 0.15) is 66.7 Å². The van der Waals surface area contributed by atoms with Gasteiger partial charge in [-0.1, -0.05) is 50.2 Å². The van der Waals surface area contributed by atoms with Gasteiger partial charge in [0.15, 0.2) is 5.43 Å². The number of nitrogens with two attached hydrogens (primary N) is 1. The van der Waals surface area contributed by atoms with Gasteiger partial charge in [-0.05, 0) is 72.3 Å². The molecule has 2 aliphatic rings. The summed E-state index contributed by atoms with van der Waals surface area (Å²) in [7, 11) is 0. The van der Waals surface area contributed by atoms with Gasteiger partial charge in [-0.25, -0.2) is 29.1 Å². The largest absolute Gasteiger partial charge is 0.478 e. The van der Waals surface area contributed by atoms with Gasteiger partial charge in [0.1, 0.15) is 22.7 Å². The lowest BCUT2D eigenvalue weighted by atomic mass is 9.87. The number of benzene rings is 5. The fourth-order valence-electron chi connectivity index (χ4n) is 7.02. The normalized spacial score (nSPS) is 11.0. The summed E-state index contributed by atoms with van der Waals surface area (Å²) < 4.78 is 6.65. The summed E-state index contributed by atoms with van der Waals surface area (Å²) in [4.78, 5) is 70.8. The number of hydrogen-bond donors (Lipinski definition) is 7. The Morgan fingerprint density at radius 1 is 0.633 bits per heavy atom. The Balaban J connectivity index is 0.00000268. The minimum absolute atomic E-state index is 0.0189. The molecular weight excluding hydrogens is 771 g/mol. The van der Waals surface area contributed by atoms with Crippen molar-refractivity contribution in [3.05, 3.63) is 147 Å². The highest BCUT2D eigenvalue weighted by molar-refractivity contribution is 6.10. The molecule has 300 valence electrons. The zero-order valence-corrected chi connectivity index (χ0v) is 31.9. The molecule has 0 saturated carbocycles. The summed E-state index contributed by atoms with van der Waals surface area (Å²) >= 11 is 0. The van der Waals surface area contributed by atoms with E-state index in [4.69, 9.17) is 10.2 Å². The standard InChI is InChI=1S/C43H29N5O10.C2H6/c44-29-13-11-24-35(26-17-22(40(50)51)7-10-23(26)41(52)53)25-12-16-34(49)28(19-46-31-6-2-4-21-9-15-33(43(56)57)48-37(21)31)39(25)58-38(24)27(29)18-45-30-5-1-3-20-8-14-32(42(54)55)47-36(20)30;1-2/h1-17,45-46H,18-19,44H2,(H,50,51)(H,52,53)(H,54,55)(H,56,57);1-2H3. The second kappa shape index (κ2) is 16.3. The maximum Gasteiger partial charge on any atom is 0.354 e. The lowest BCUT2D eigenvalue weighted by Gasteiger charge is -2.22. The second-order valence-corrected chi connectivity index (χ2v) is 13.2. The number of hydrogen-bond acceptors (Lipinski definition) is 11. The molecule has 60 heavy (non-hydrogen) atoms. The Bertz CT molecular complexity index is 3090. The van der Waals surface area contributed by atoms with Crippen LogP contribution in [0.15, 0.2) is 112 Å². The first kappa shape index (κ1) is 39.9. The number of fused-ring (bicyclic) bond motifs is 4. The fraction of sp³-hybridized carbons (Fsp3) is 0.0889. The molecule has 4 aromatic carbocycles. The molecule has 0 saturated heterocycles. The molecule has 0 amide bonds. The Labute approximate surface area is 339 Å². The van der Waals surface area contributed by atoms with Crippen LogP contribution in [0.3, 0.4) is 0 Å². The van der Waals surface area contributed by atoms with Crippen LogP contribution < -0.4 is 21.8 Å².